The zero-order valence-electron chi connectivity index (χ0n) is 15.8. The Morgan fingerprint density at radius 1 is 0.733 bits per heavy atom. The molecule has 152 valence electrons. The van der Waals surface area contributed by atoms with Gasteiger partial charge in [-0.05, 0) is 59.6 Å². The predicted octanol–water partition coefficient (Wildman–Crippen LogP) is 1.99. The average Bonchev–Trinajstić information content (AvgIpc) is 2.69. The van der Waals surface area contributed by atoms with Crippen molar-refractivity contribution in [3.8, 4) is 17.2 Å². The minimum absolute atomic E-state index is 0. The summed E-state index contributed by atoms with van der Waals surface area (Å²) in [4.78, 5) is 26.5. The maximum Gasteiger partial charge on any atom is 1.00 e. The maximum absolute atomic E-state index is 13.7. The molecular weight excluding hydrogens is 480 g/mol. The summed E-state index contributed by atoms with van der Waals surface area (Å²) in [5.74, 6) is 0.0526. The molecular formula is C19H15Cl2NaO6P2. The van der Waals surface area contributed by atoms with Crippen LogP contribution in [0.3, 0.4) is 0 Å². The molecule has 0 bridgehead atoms. The molecule has 3 aromatic rings. The van der Waals surface area contributed by atoms with Gasteiger partial charge in [-0.2, -0.15) is 0 Å². The van der Waals surface area contributed by atoms with Gasteiger partial charge in [0.05, 0.1) is 0 Å². The van der Waals surface area contributed by atoms with Crippen molar-refractivity contribution in [3.05, 3.63) is 91.0 Å². The number of para-hydroxylation sites is 3. The summed E-state index contributed by atoms with van der Waals surface area (Å²) in [5, 5.41) is 0. The van der Waals surface area contributed by atoms with Crippen molar-refractivity contribution >= 4 is 38.7 Å². The molecule has 0 aliphatic rings. The molecule has 0 aliphatic carbocycles. The van der Waals surface area contributed by atoms with Gasteiger partial charge in [0.2, 0.25) is 0 Å². The van der Waals surface area contributed by atoms with E-state index < -0.39 is 19.4 Å². The second-order valence-corrected chi connectivity index (χ2v) is 12.3. The Kier molecular flexibility index (Phi) is 9.08. The molecule has 0 N–H and O–H groups in total. The van der Waals surface area contributed by atoms with Crippen molar-refractivity contribution in [3.63, 3.8) is 0 Å². The molecule has 0 saturated heterocycles. The standard InChI is InChI=1S/C19H16Cl2O6P2.Na/c20-19(21,28(22,23)25-16-10-4-1-5-11-16)29(24,26-17-12-6-2-7-13-17)27-18-14-8-3-9-15-18;/h1-15H,(H,22,23);/q;+1/p-1. The van der Waals surface area contributed by atoms with Crippen LogP contribution in [0.1, 0.15) is 0 Å². The summed E-state index contributed by atoms with van der Waals surface area (Å²) in [5.41, 5.74) is 0. The summed E-state index contributed by atoms with van der Waals surface area (Å²) in [7, 11) is -10.0. The van der Waals surface area contributed by atoms with E-state index in [0.29, 0.717) is 0 Å². The van der Waals surface area contributed by atoms with E-state index in [0.717, 1.165) is 0 Å². The first-order chi connectivity index (χ1) is 13.7. The Morgan fingerprint density at radius 2 is 1.07 bits per heavy atom. The number of hydrogen-bond donors (Lipinski definition) is 0. The van der Waals surface area contributed by atoms with Crippen LogP contribution < -0.4 is 52.9 Å². The summed E-state index contributed by atoms with van der Waals surface area (Å²) < 4.78 is 25.6. The third-order valence-electron chi connectivity index (χ3n) is 3.57. The van der Waals surface area contributed by atoms with Crippen LogP contribution in [0.15, 0.2) is 91.0 Å². The molecule has 30 heavy (non-hydrogen) atoms. The molecule has 0 aliphatic heterocycles. The van der Waals surface area contributed by atoms with Crippen molar-refractivity contribution < 1.29 is 57.5 Å². The average molecular weight is 495 g/mol. The second kappa shape index (κ2) is 10.7. The van der Waals surface area contributed by atoms with Crippen LogP contribution in [0, 0.1) is 0 Å². The van der Waals surface area contributed by atoms with Gasteiger partial charge in [0.15, 0.2) is 11.5 Å². The van der Waals surface area contributed by atoms with Crippen LogP contribution in [0.4, 0.5) is 0 Å². The fraction of sp³-hybridized carbons (Fsp3) is 0.0526. The van der Waals surface area contributed by atoms with Crippen LogP contribution in [-0.2, 0) is 4.57 Å². The molecule has 0 spiro atoms. The topological polar surface area (TPSA) is 90.9 Å². The zero-order valence-corrected chi connectivity index (χ0v) is 21.1. The fourth-order valence-electron chi connectivity index (χ4n) is 2.19. The third-order valence-corrected chi connectivity index (χ3v) is 10.2. The quantitative estimate of drug-likeness (QED) is 0.270. The second-order valence-electron chi connectivity index (χ2n) is 5.72. The molecule has 1 unspecified atom stereocenters. The summed E-state index contributed by atoms with van der Waals surface area (Å²) in [6, 6.07) is 23.2. The van der Waals surface area contributed by atoms with E-state index in [4.69, 9.17) is 36.8 Å². The maximum atomic E-state index is 13.7. The van der Waals surface area contributed by atoms with Gasteiger partial charge < -0.3 is 23.4 Å². The predicted molar refractivity (Wildman–Crippen MR) is 110 cm³/mol. The number of benzene rings is 3. The number of hydrogen-bond acceptors (Lipinski definition) is 6. The molecule has 0 heterocycles. The minimum Gasteiger partial charge on any atom is -0.764 e. The van der Waals surface area contributed by atoms with Crippen molar-refractivity contribution in [1.82, 2.24) is 0 Å². The van der Waals surface area contributed by atoms with Gasteiger partial charge in [0, 0.05) is 0 Å². The smallest absolute Gasteiger partial charge is 0.764 e. The summed E-state index contributed by atoms with van der Waals surface area (Å²) in [6.45, 7) is 0. The molecule has 0 amide bonds. The van der Waals surface area contributed by atoms with Crippen molar-refractivity contribution in [2.24, 2.45) is 0 Å². The molecule has 0 saturated carbocycles. The minimum atomic E-state index is -5.25. The van der Waals surface area contributed by atoms with Crippen LogP contribution in [0.5, 0.6) is 17.2 Å². The molecule has 1 atom stereocenters. The number of halogens is 2. The van der Waals surface area contributed by atoms with Gasteiger partial charge in [-0.15, -0.1) is 0 Å². The Hall–Kier alpha value is -0.780. The Bertz CT molecular complexity index is 939. The molecule has 3 aromatic carbocycles. The Balaban J connectivity index is 0.00000320. The Morgan fingerprint density at radius 3 is 1.43 bits per heavy atom. The first-order valence-electron chi connectivity index (χ1n) is 8.27. The fourth-order valence-corrected chi connectivity index (χ4v) is 5.95. The Labute approximate surface area is 207 Å². The first-order valence-corrected chi connectivity index (χ1v) is 12.1. The van der Waals surface area contributed by atoms with Crippen molar-refractivity contribution in [2.45, 2.75) is 3.82 Å². The zero-order chi connectivity index (χ0) is 21.0. The largest absolute Gasteiger partial charge is 1.00 e. The van der Waals surface area contributed by atoms with E-state index in [1.54, 1.807) is 54.6 Å². The van der Waals surface area contributed by atoms with Crippen LogP contribution in [0.25, 0.3) is 0 Å². The van der Waals surface area contributed by atoms with Gasteiger partial charge in [-0.25, -0.2) is 0 Å². The van der Waals surface area contributed by atoms with Gasteiger partial charge in [0.1, 0.15) is 5.75 Å². The van der Waals surface area contributed by atoms with E-state index in [1.807, 2.05) is 0 Å². The molecule has 0 fully saturated rings. The van der Waals surface area contributed by atoms with Crippen LogP contribution in [0.2, 0.25) is 0 Å². The first kappa shape index (κ1) is 25.5. The van der Waals surface area contributed by atoms with Crippen LogP contribution >= 0.6 is 38.7 Å². The number of alkyl halides is 2. The summed E-state index contributed by atoms with van der Waals surface area (Å²) in [6.07, 6.45) is 0. The summed E-state index contributed by atoms with van der Waals surface area (Å²) >= 11 is 12.3. The van der Waals surface area contributed by atoms with Gasteiger partial charge >= 0.3 is 41.3 Å². The van der Waals surface area contributed by atoms with E-state index in [-0.39, 0.29) is 46.8 Å². The van der Waals surface area contributed by atoms with E-state index >= 15 is 0 Å². The number of rotatable bonds is 8. The normalized spacial score (nSPS) is 13.5. The molecule has 11 heteroatoms. The molecule has 0 aromatic heterocycles. The van der Waals surface area contributed by atoms with Crippen LogP contribution in [-0.4, -0.2) is 3.82 Å². The molecule has 0 radical (unpaired) electrons. The van der Waals surface area contributed by atoms with E-state index in [1.165, 1.54) is 36.4 Å². The monoisotopic (exact) mass is 494 g/mol. The van der Waals surface area contributed by atoms with Crippen molar-refractivity contribution in [1.29, 1.82) is 0 Å². The van der Waals surface area contributed by atoms with Gasteiger partial charge in [-0.3, -0.25) is 4.57 Å². The van der Waals surface area contributed by atoms with Crippen molar-refractivity contribution in [2.75, 3.05) is 0 Å². The van der Waals surface area contributed by atoms with Gasteiger partial charge in [-0.1, -0.05) is 54.6 Å². The molecule has 3 rings (SSSR count). The van der Waals surface area contributed by atoms with E-state index in [2.05, 4.69) is 0 Å². The molecule has 6 nitrogen and oxygen atoms in total. The van der Waals surface area contributed by atoms with Gasteiger partial charge in [0.25, 0.3) is 7.60 Å². The van der Waals surface area contributed by atoms with E-state index in [9.17, 15) is 14.4 Å². The SMILES string of the molecule is O=P([O-])(Oc1ccccc1)C(Cl)(Cl)[P+]([O-])(Oc1ccccc1)Oc1ccccc1.[Na+]. The third kappa shape index (κ3) is 5.92.